The fourth-order valence-corrected chi connectivity index (χ4v) is 3.14. The topological polar surface area (TPSA) is 38.1 Å². The van der Waals surface area contributed by atoms with Gasteiger partial charge in [-0.3, -0.25) is 4.79 Å². The first-order valence-corrected chi connectivity index (χ1v) is 7.77. The number of benzene rings is 1. The van der Waals surface area contributed by atoms with Gasteiger partial charge in [0, 0.05) is 43.8 Å². The maximum Gasteiger partial charge on any atom is 0.260 e. The molecule has 0 saturated carbocycles. The highest BCUT2D eigenvalue weighted by Crippen LogP contribution is 2.25. The number of rotatable bonds is 2. The number of hydrogen-bond donors (Lipinski definition) is 0. The lowest BCUT2D eigenvalue weighted by Gasteiger charge is -2.27. The molecular weight excluding hydrogens is 319 g/mol. The Labute approximate surface area is 137 Å². The summed E-state index contributed by atoms with van der Waals surface area (Å²) in [5.41, 5.74) is 1.05. The molecule has 24 heavy (non-hydrogen) atoms. The Morgan fingerprint density at radius 3 is 2.42 bits per heavy atom. The minimum Gasteiger partial charge on any atom is -0.334 e. The van der Waals surface area contributed by atoms with Crippen molar-refractivity contribution in [1.82, 2.24) is 14.5 Å². The number of imidazole rings is 1. The molecule has 2 heterocycles. The molecule has 0 spiro atoms. The number of aromatic nitrogens is 2. The summed E-state index contributed by atoms with van der Waals surface area (Å²) >= 11 is 0. The molecule has 128 valence electrons. The zero-order chi connectivity index (χ0) is 17.6. The molecule has 1 aromatic carbocycles. The molecule has 1 aliphatic heterocycles. The summed E-state index contributed by atoms with van der Waals surface area (Å²) in [6.45, 7) is 4.57. The Bertz CT molecular complexity index is 791. The van der Waals surface area contributed by atoms with E-state index in [0.717, 1.165) is 17.2 Å². The minimum absolute atomic E-state index is 0.185. The molecule has 1 aromatic heterocycles. The van der Waals surface area contributed by atoms with Gasteiger partial charge in [-0.05, 0) is 0 Å². The minimum atomic E-state index is -1.19. The summed E-state index contributed by atoms with van der Waals surface area (Å²) in [5.74, 6) is -3.06. The van der Waals surface area contributed by atoms with E-state index in [-0.39, 0.29) is 12.5 Å². The Hall–Kier alpha value is -2.31. The zero-order valence-electron chi connectivity index (χ0n) is 13.7. The third-order valence-electron chi connectivity index (χ3n) is 4.31. The Kier molecular flexibility index (Phi) is 4.11. The molecule has 0 radical (unpaired) electrons. The van der Waals surface area contributed by atoms with Gasteiger partial charge >= 0.3 is 0 Å². The highest BCUT2D eigenvalue weighted by molar-refractivity contribution is 5.94. The second-order valence-electron chi connectivity index (χ2n) is 6.30. The van der Waals surface area contributed by atoms with E-state index in [0.29, 0.717) is 25.1 Å². The molecule has 0 saturated heterocycles. The summed E-state index contributed by atoms with van der Waals surface area (Å²) in [6, 6.07) is 1.03. The fourth-order valence-electron chi connectivity index (χ4n) is 3.14. The van der Waals surface area contributed by atoms with E-state index in [1.165, 1.54) is 4.90 Å². The molecule has 0 unspecified atom stereocenters. The molecule has 0 bridgehead atoms. The maximum atomic E-state index is 13.8. The Balaban J connectivity index is 1.91. The lowest BCUT2D eigenvalue weighted by Crippen LogP contribution is -2.37. The summed E-state index contributed by atoms with van der Waals surface area (Å²) in [4.78, 5) is 18.4. The van der Waals surface area contributed by atoms with E-state index in [9.17, 15) is 18.0 Å². The number of carbonyl (C=O) groups is 1. The number of fused-ring (bicyclic) bond motifs is 1. The molecule has 1 amide bonds. The monoisotopic (exact) mass is 337 g/mol. The number of amides is 1. The van der Waals surface area contributed by atoms with Crippen molar-refractivity contribution in [3.63, 3.8) is 0 Å². The van der Waals surface area contributed by atoms with E-state index in [1.54, 1.807) is 0 Å². The van der Waals surface area contributed by atoms with Gasteiger partial charge < -0.3 is 9.47 Å². The highest BCUT2D eigenvalue weighted by atomic mass is 19.1. The first-order valence-electron chi connectivity index (χ1n) is 7.77. The van der Waals surface area contributed by atoms with Crippen molar-refractivity contribution in [2.45, 2.75) is 32.7 Å². The normalized spacial score (nSPS) is 14.2. The van der Waals surface area contributed by atoms with Crippen LogP contribution in [-0.2, 0) is 20.0 Å². The second kappa shape index (κ2) is 5.96. The van der Waals surface area contributed by atoms with Gasteiger partial charge in [0.25, 0.3) is 5.91 Å². The summed E-state index contributed by atoms with van der Waals surface area (Å²) in [5, 5.41) is 0. The summed E-state index contributed by atoms with van der Waals surface area (Å²) in [7, 11) is 1.93. The van der Waals surface area contributed by atoms with Crippen LogP contribution in [0.5, 0.6) is 0 Å². The standard InChI is InChI=1S/C17H18F3N3O/c1-9(2)16-21-13-8-23(5-4-14(13)22(16)3)17(24)15-11(19)6-10(18)7-12(15)20/h6-7,9H,4-5,8H2,1-3H3. The van der Waals surface area contributed by atoms with Crippen LogP contribution in [0, 0.1) is 17.5 Å². The third-order valence-corrected chi connectivity index (χ3v) is 4.31. The first-order chi connectivity index (χ1) is 11.3. The van der Waals surface area contributed by atoms with Gasteiger partial charge in [-0.2, -0.15) is 0 Å². The van der Waals surface area contributed by atoms with E-state index in [1.807, 2.05) is 25.5 Å². The summed E-state index contributed by atoms with van der Waals surface area (Å²) in [6.07, 6.45) is 0.557. The fraction of sp³-hybridized carbons (Fsp3) is 0.412. The van der Waals surface area contributed by atoms with Crippen molar-refractivity contribution >= 4 is 5.91 Å². The largest absolute Gasteiger partial charge is 0.334 e. The molecule has 0 N–H and O–H groups in total. The average molecular weight is 337 g/mol. The van der Waals surface area contributed by atoms with Gasteiger partial charge in [0.2, 0.25) is 0 Å². The van der Waals surface area contributed by atoms with Crippen molar-refractivity contribution in [3.05, 3.63) is 52.4 Å². The van der Waals surface area contributed by atoms with Crippen molar-refractivity contribution in [2.75, 3.05) is 6.54 Å². The van der Waals surface area contributed by atoms with Gasteiger partial charge in [0.05, 0.1) is 12.2 Å². The molecule has 1 aliphatic rings. The molecule has 0 aliphatic carbocycles. The van der Waals surface area contributed by atoms with Gasteiger partial charge in [-0.1, -0.05) is 13.8 Å². The van der Waals surface area contributed by atoms with Crippen LogP contribution in [-0.4, -0.2) is 26.9 Å². The lowest BCUT2D eigenvalue weighted by atomic mass is 10.1. The van der Waals surface area contributed by atoms with E-state index in [2.05, 4.69) is 4.98 Å². The maximum absolute atomic E-state index is 13.8. The quantitative estimate of drug-likeness (QED) is 0.844. The van der Waals surface area contributed by atoms with Crippen LogP contribution in [0.3, 0.4) is 0 Å². The molecule has 0 fully saturated rings. The van der Waals surface area contributed by atoms with Crippen LogP contribution >= 0.6 is 0 Å². The molecule has 2 aromatic rings. The number of halogens is 3. The van der Waals surface area contributed by atoms with Gasteiger partial charge in [0.15, 0.2) is 0 Å². The predicted octanol–water partition coefficient (Wildman–Crippen LogP) is 3.16. The Morgan fingerprint density at radius 1 is 1.21 bits per heavy atom. The lowest BCUT2D eigenvalue weighted by molar-refractivity contribution is 0.0721. The van der Waals surface area contributed by atoms with Crippen molar-refractivity contribution in [3.8, 4) is 0 Å². The molecular formula is C17H18F3N3O. The molecule has 4 nitrogen and oxygen atoms in total. The number of carbonyl (C=O) groups excluding carboxylic acids is 1. The number of hydrogen-bond acceptors (Lipinski definition) is 2. The molecule has 7 heteroatoms. The smallest absolute Gasteiger partial charge is 0.260 e. The third kappa shape index (κ3) is 2.68. The van der Waals surface area contributed by atoms with Crippen LogP contribution in [0.1, 0.15) is 47.3 Å². The second-order valence-corrected chi connectivity index (χ2v) is 6.30. The van der Waals surface area contributed by atoms with E-state index < -0.39 is 28.9 Å². The van der Waals surface area contributed by atoms with E-state index in [4.69, 9.17) is 0 Å². The predicted molar refractivity (Wildman–Crippen MR) is 82.1 cm³/mol. The van der Waals surface area contributed by atoms with E-state index >= 15 is 0 Å². The van der Waals surface area contributed by atoms with Crippen LogP contribution in [0.2, 0.25) is 0 Å². The first kappa shape index (κ1) is 16.5. The van der Waals surface area contributed by atoms with Crippen LogP contribution in [0.15, 0.2) is 12.1 Å². The summed E-state index contributed by atoms with van der Waals surface area (Å²) < 4.78 is 42.7. The van der Waals surface area contributed by atoms with Gasteiger partial charge in [-0.25, -0.2) is 18.2 Å². The van der Waals surface area contributed by atoms with Crippen molar-refractivity contribution in [2.24, 2.45) is 7.05 Å². The van der Waals surface area contributed by atoms with Crippen LogP contribution in [0.4, 0.5) is 13.2 Å². The number of nitrogens with zero attached hydrogens (tertiary/aromatic N) is 3. The van der Waals surface area contributed by atoms with Crippen molar-refractivity contribution < 1.29 is 18.0 Å². The van der Waals surface area contributed by atoms with Crippen LogP contribution < -0.4 is 0 Å². The average Bonchev–Trinajstić information content (AvgIpc) is 2.83. The Morgan fingerprint density at radius 2 is 1.83 bits per heavy atom. The SMILES string of the molecule is CC(C)c1nc2c(n1C)CCN(C(=O)c1c(F)cc(F)cc1F)C2. The van der Waals surface area contributed by atoms with Gasteiger partial charge in [0.1, 0.15) is 28.8 Å². The zero-order valence-corrected chi connectivity index (χ0v) is 13.7. The van der Waals surface area contributed by atoms with Crippen molar-refractivity contribution in [1.29, 1.82) is 0 Å². The molecule has 3 rings (SSSR count). The molecule has 0 atom stereocenters. The highest BCUT2D eigenvalue weighted by Gasteiger charge is 2.30. The van der Waals surface area contributed by atoms with Gasteiger partial charge in [-0.15, -0.1) is 0 Å². The van der Waals surface area contributed by atoms with Crippen LogP contribution in [0.25, 0.3) is 0 Å².